The van der Waals surface area contributed by atoms with Crippen LogP contribution in [0.25, 0.3) is 6.08 Å². The summed E-state index contributed by atoms with van der Waals surface area (Å²) in [6, 6.07) is 15.6. The predicted octanol–water partition coefficient (Wildman–Crippen LogP) is 3.24. The molecule has 2 aromatic rings. The molecule has 6 nitrogen and oxygen atoms in total. The number of amides is 1. The number of methoxy groups -OCH3 is 1. The first-order chi connectivity index (χ1) is 12.6. The zero-order chi connectivity index (χ0) is 18.5. The Labute approximate surface area is 154 Å². The molecule has 26 heavy (non-hydrogen) atoms. The zero-order valence-electron chi connectivity index (χ0n) is 13.7. The minimum Gasteiger partial charge on any atom is -0.465 e. The van der Waals surface area contributed by atoms with E-state index in [0.717, 1.165) is 5.56 Å². The summed E-state index contributed by atoms with van der Waals surface area (Å²) in [7, 11) is 1.32. The van der Waals surface area contributed by atoms with Gasteiger partial charge >= 0.3 is 5.97 Å². The van der Waals surface area contributed by atoms with Crippen molar-refractivity contribution >= 4 is 40.6 Å². The fraction of sp³-hybridized carbons (Fsp3) is 0.0526. The van der Waals surface area contributed by atoms with Crippen LogP contribution in [0.2, 0.25) is 0 Å². The van der Waals surface area contributed by atoms with Gasteiger partial charge in [-0.25, -0.2) is 9.79 Å². The van der Waals surface area contributed by atoms with Crippen molar-refractivity contribution < 1.29 is 14.3 Å². The number of amidine groups is 1. The number of nitrogens with zero attached hydrogens (tertiary/aromatic N) is 2. The smallest absolute Gasteiger partial charge is 0.337 e. The number of hydrogen-bond donors (Lipinski definition) is 1. The van der Waals surface area contributed by atoms with Crippen LogP contribution in [0.5, 0.6) is 0 Å². The van der Waals surface area contributed by atoms with E-state index >= 15 is 0 Å². The van der Waals surface area contributed by atoms with E-state index in [1.54, 1.807) is 54.6 Å². The Kier molecular flexibility index (Phi) is 5.15. The molecule has 2 aromatic carbocycles. The number of ether oxygens (including phenoxy) is 1. The van der Waals surface area contributed by atoms with Gasteiger partial charge in [0.05, 0.1) is 34.9 Å². The van der Waals surface area contributed by atoms with Gasteiger partial charge < -0.3 is 10.1 Å². The summed E-state index contributed by atoms with van der Waals surface area (Å²) in [5.74, 6) is -0.648. The number of nitrogens with one attached hydrogen (secondary N) is 1. The van der Waals surface area contributed by atoms with Crippen molar-refractivity contribution in [1.29, 1.82) is 5.26 Å². The SMILES string of the molecule is COC(=O)c1ccc(N=C2NC(=O)/C(=C/c3ccc(C#N)cc3)S2)cc1. The second-order valence-electron chi connectivity index (χ2n) is 5.25. The maximum Gasteiger partial charge on any atom is 0.337 e. The highest BCUT2D eigenvalue weighted by atomic mass is 32.2. The van der Waals surface area contributed by atoms with Crippen LogP contribution in [0.15, 0.2) is 58.4 Å². The van der Waals surface area contributed by atoms with Crippen molar-refractivity contribution in [3.8, 4) is 6.07 Å². The highest BCUT2D eigenvalue weighted by molar-refractivity contribution is 8.18. The lowest BCUT2D eigenvalue weighted by Gasteiger charge is -2.00. The van der Waals surface area contributed by atoms with Crippen LogP contribution in [0.4, 0.5) is 5.69 Å². The third-order valence-electron chi connectivity index (χ3n) is 3.51. The zero-order valence-corrected chi connectivity index (χ0v) is 14.5. The lowest BCUT2D eigenvalue weighted by atomic mass is 10.1. The van der Waals surface area contributed by atoms with Crippen LogP contribution in [0.3, 0.4) is 0 Å². The molecule has 1 fully saturated rings. The molecule has 0 radical (unpaired) electrons. The molecule has 7 heteroatoms. The van der Waals surface area contributed by atoms with Crippen molar-refractivity contribution in [2.45, 2.75) is 0 Å². The topological polar surface area (TPSA) is 91.5 Å². The van der Waals surface area contributed by atoms with Gasteiger partial charge in [0.25, 0.3) is 5.91 Å². The summed E-state index contributed by atoms with van der Waals surface area (Å²) in [6.07, 6.45) is 1.74. The lowest BCUT2D eigenvalue weighted by molar-refractivity contribution is -0.115. The number of aliphatic imine (C=N–C) groups is 1. The van der Waals surface area contributed by atoms with E-state index in [1.807, 2.05) is 0 Å². The Morgan fingerprint density at radius 1 is 1.19 bits per heavy atom. The normalized spacial score (nSPS) is 16.4. The molecule has 0 aromatic heterocycles. The monoisotopic (exact) mass is 363 g/mol. The van der Waals surface area contributed by atoms with Crippen molar-refractivity contribution in [3.05, 3.63) is 70.1 Å². The van der Waals surface area contributed by atoms with E-state index < -0.39 is 5.97 Å². The first-order valence-electron chi connectivity index (χ1n) is 7.57. The van der Waals surface area contributed by atoms with Gasteiger partial charge in [0, 0.05) is 0 Å². The number of benzene rings is 2. The predicted molar refractivity (Wildman–Crippen MR) is 99.7 cm³/mol. The fourth-order valence-electron chi connectivity index (χ4n) is 2.19. The molecule has 0 bridgehead atoms. The Hall–Kier alpha value is -3.37. The van der Waals surface area contributed by atoms with Crippen LogP contribution in [0, 0.1) is 11.3 Å². The van der Waals surface area contributed by atoms with Gasteiger partial charge in [-0.2, -0.15) is 5.26 Å². The molecule has 0 atom stereocenters. The standard InChI is InChI=1S/C19H13N3O3S/c1-25-18(24)14-6-8-15(9-7-14)21-19-22-17(23)16(26-19)10-12-2-4-13(11-20)5-3-12/h2-10H,1H3,(H,21,22,23)/b16-10-. The molecule has 1 aliphatic heterocycles. The number of carbonyl (C=O) groups excluding carboxylic acids is 2. The number of rotatable bonds is 3. The van der Waals surface area contributed by atoms with Crippen LogP contribution in [-0.4, -0.2) is 24.2 Å². The van der Waals surface area contributed by atoms with Gasteiger partial charge in [0.15, 0.2) is 5.17 Å². The summed E-state index contributed by atoms with van der Waals surface area (Å²) < 4.78 is 4.65. The molecule has 1 aliphatic rings. The Bertz CT molecular complexity index is 955. The van der Waals surface area contributed by atoms with E-state index in [0.29, 0.717) is 26.9 Å². The first-order valence-corrected chi connectivity index (χ1v) is 8.39. The highest BCUT2D eigenvalue weighted by Gasteiger charge is 2.23. The van der Waals surface area contributed by atoms with E-state index in [-0.39, 0.29) is 5.91 Å². The van der Waals surface area contributed by atoms with Crippen molar-refractivity contribution in [2.24, 2.45) is 4.99 Å². The molecule has 1 N–H and O–H groups in total. The summed E-state index contributed by atoms with van der Waals surface area (Å²) in [4.78, 5) is 28.4. The molecule has 0 saturated carbocycles. The second-order valence-corrected chi connectivity index (χ2v) is 6.28. The average molecular weight is 363 g/mol. The molecule has 0 spiro atoms. The Morgan fingerprint density at radius 2 is 1.88 bits per heavy atom. The van der Waals surface area contributed by atoms with E-state index in [1.165, 1.54) is 18.9 Å². The minimum absolute atomic E-state index is 0.232. The van der Waals surface area contributed by atoms with E-state index in [4.69, 9.17) is 5.26 Å². The van der Waals surface area contributed by atoms with Crippen LogP contribution >= 0.6 is 11.8 Å². The average Bonchev–Trinajstić information content (AvgIpc) is 3.01. The highest BCUT2D eigenvalue weighted by Crippen LogP contribution is 2.28. The Morgan fingerprint density at radius 3 is 2.50 bits per heavy atom. The lowest BCUT2D eigenvalue weighted by Crippen LogP contribution is -2.19. The maximum absolute atomic E-state index is 12.1. The molecule has 3 rings (SSSR count). The van der Waals surface area contributed by atoms with E-state index in [2.05, 4.69) is 21.1 Å². The minimum atomic E-state index is -0.416. The van der Waals surface area contributed by atoms with Gasteiger partial charge in [0.1, 0.15) is 0 Å². The molecule has 0 unspecified atom stereocenters. The molecule has 1 heterocycles. The number of hydrogen-bond acceptors (Lipinski definition) is 6. The van der Waals surface area contributed by atoms with Gasteiger partial charge in [-0.3, -0.25) is 4.79 Å². The number of carbonyl (C=O) groups is 2. The molecule has 0 aliphatic carbocycles. The van der Waals surface area contributed by atoms with E-state index in [9.17, 15) is 9.59 Å². The summed E-state index contributed by atoms with van der Waals surface area (Å²) >= 11 is 1.23. The van der Waals surface area contributed by atoms with Crippen LogP contribution in [0.1, 0.15) is 21.5 Å². The molecular formula is C19H13N3O3S. The van der Waals surface area contributed by atoms with Crippen molar-refractivity contribution in [3.63, 3.8) is 0 Å². The molecule has 1 saturated heterocycles. The third-order valence-corrected chi connectivity index (χ3v) is 4.42. The van der Waals surface area contributed by atoms with Crippen LogP contribution in [-0.2, 0) is 9.53 Å². The Balaban J connectivity index is 1.76. The third kappa shape index (κ3) is 3.99. The van der Waals surface area contributed by atoms with Crippen LogP contribution < -0.4 is 5.32 Å². The molecule has 128 valence electrons. The quantitative estimate of drug-likeness (QED) is 0.668. The summed E-state index contributed by atoms with van der Waals surface area (Å²) in [6.45, 7) is 0. The van der Waals surface area contributed by atoms with Gasteiger partial charge in [-0.05, 0) is 59.8 Å². The summed E-state index contributed by atoms with van der Waals surface area (Å²) in [5, 5.41) is 12.0. The van der Waals surface area contributed by atoms with Gasteiger partial charge in [-0.1, -0.05) is 12.1 Å². The van der Waals surface area contributed by atoms with Crippen molar-refractivity contribution in [2.75, 3.05) is 7.11 Å². The van der Waals surface area contributed by atoms with Crippen molar-refractivity contribution in [1.82, 2.24) is 5.32 Å². The molecule has 1 amide bonds. The fourth-order valence-corrected chi connectivity index (χ4v) is 3.03. The van der Waals surface area contributed by atoms with Gasteiger partial charge in [-0.15, -0.1) is 0 Å². The number of nitriles is 1. The molecular weight excluding hydrogens is 350 g/mol. The first kappa shape index (κ1) is 17.5. The number of thioether (sulfide) groups is 1. The number of esters is 1. The summed E-state index contributed by atoms with van der Waals surface area (Å²) in [5.41, 5.74) is 2.43. The maximum atomic E-state index is 12.1. The van der Waals surface area contributed by atoms with Gasteiger partial charge in [0.2, 0.25) is 0 Å². The second kappa shape index (κ2) is 7.68. The largest absolute Gasteiger partial charge is 0.465 e.